The molecule has 1 N–H and O–H groups in total. The molecule has 2 aromatic heterocycles. The van der Waals surface area contributed by atoms with Crippen LogP contribution in [0, 0.1) is 13.8 Å². The van der Waals surface area contributed by atoms with Gasteiger partial charge >= 0.3 is 0 Å². The predicted molar refractivity (Wildman–Crippen MR) is 77.2 cm³/mol. The summed E-state index contributed by atoms with van der Waals surface area (Å²) in [5, 5.41) is 12.4. The van der Waals surface area contributed by atoms with Gasteiger partial charge in [0.25, 0.3) is 0 Å². The lowest BCUT2D eigenvalue weighted by molar-refractivity contribution is 0.598. The molecule has 0 unspecified atom stereocenters. The van der Waals surface area contributed by atoms with Crippen molar-refractivity contribution in [3.63, 3.8) is 0 Å². The standard InChI is InChI=1S/C14H23N5/c1-5-7-19-9-13(11(3)16-19)8-15-14-10-18(6-2)17-12(14)4/h9-10,15H,5-8H2,1-4H3. The maximum Gasteiger partial charge on any atom is 0.0825 e. The van der Waals surface area contributed by atoms with Crippen LogP contribution in [0.25, 0.3) is 0 Å². The third-order valence-corrected chi connectivity index (χ3v) is 3.24. The molecular formula is C14H23N5. The summed E-state index contributed by atoms with van der Waals surface area (Å²) >= 11 is 0. The molecule has 2 aromatic rings. The van der Waals surface area contributed by atoms with Crippen LogP contribution in [0.1, 0.15) is 37.2 Å². The molecule has 104 valence electrons. The Morgan fingerprint density at radius 3 is 2.42 bits per heavy atom. The zero-order valence-electron chi connectivity index (χ0n) is 12.3. The van der Waals surface area contributed by atoms with Gasteiger partial charge in [-0.2, -0.15) is 10.2 Å². The minimum Gasteiger partial charge on any atom is -0.378 e. The summed E-state index contributed by atoms with van der Waals surface area (Å²) in [7, 11) is 0. The van der Waals surface area contributed by atoms with Gasteiger partial charge in [0.2, 0.25) is 0 Å². The first kappa shape index (κ1) is 13.6. The zero-order valence-corrected chi connectivity index (χ0v) is 12.3. The number of rotatable bonds is 6. The monoisotopic (exact) mass is 261 g/mol. The molecule has 0 amide bonds. The van der Waals surface area contributed by atoms with Gasteiger partial charge in [0.1, 0.15) is 0 Å². The molecule has 0 fully saturated rings. The van der Waals surface area contributed by atoms with Crippen LogP contribution in [0.2, 0.25) is 0 Å². The minimum absolute atomic E-state index is 0.797. The smallest absolute Gasteiger partial charge is 0.0825 e. The van der Waals surface area contributed by atoms with Crippen LogP contribution in [-0.2, 0) is 19.6 Å². The molecular weight excluding hydrogens is 238 g/mol. The van der Waals surface area contributed by atoms with Gasteiger partial charge in [-0.25, -0.2) is 0 Å². The fourth-order valence-corrected chi connectivity index (χ4v) is 2.12. The first-order chi connectivity index (χ1) is 9.13. The first-order valence-corrected chi connectivity index (χ1v) is 6.94. The van der Waals surface area contributed by atoms with Crippen LogP contribution in [0.15, 0.2) is 12.4 Å². The van der Waals surface area contributed by atoms with Crippen molar-refractivity contribution < 1.29 is 0 Å². The molecule has 0 aliphatic rings. The van der Waals surface area contributed by atoms with Crippen molar-refractivity contribution in [2.45, 2.75) is 53.8 Å². The van der Waals surface area contributed by atoms with E-state index in [1.807, 2.05) is 16.3 Å². The summed E-state index contributed by atoms with van der Waals surface area (Å²) in [6, 6.07) is 0. The van der Waals surface area contributed by atoms with Crippen molar-refractivity contribution in [1.29, 1.82) is 0 Å². The molecule has 0 radical (unpaired) electrons. The SMILES string of the molecule is CCCn1cc(CNc2cn(CC)nc2C)c(C)n1. The minimum atomic E-state index is 0.797. The third kappa shape index (κ3) is 3.16. The molecule has 0 atom stereocenters. The second-order valence-corrected chi connectivity index (χ2v) is 4.84. The van der Waals surface area contributed by atoms with Crippen molar-refractivity contribution >= 4 is 5.69 Å². The summed E-state index contributed by atoms with van der Waals surface area (Å²) in [5.41, 5.74) is 4.49. The maximum absolute atomic E-state index is 4.51. The second-order valence-electron chi connectivity index (χ2n) is 4.84. The molecule has 19 heavy (non-hydrogen) atoms. The topological polar surface area (TPSA) is 47.7 Å². The van der Waals surface area contributed by atoms with Crippen molar-refractivity contribution in [2.75, 3.05) is 5.32 Å². The highest BCUT2D eigenvalue weighted by Gasteiger charge is 2.07. The van der Waals surface area contributed by atoms with E-state index in [1.54, 1.807) is 0 Å². The summed E-state index contributed by atoms with van der Waals surface area (Å²) in [5.74, 6) is 0. The van der Waals surface area contributed by atoms with Crippen LogP contribution in [0.4, 0.5) is 5.69 Å². The van der Waals surface area contributed by atoms with Gasteiger partial charge in [-0.1, -0.05) is 6.92 Å². The number of anilines is 1. The lowest BCUT2D eigenvalue weighted by Gasteiger charge is -2.03. The van der Waals surface area contributed by atoms with Crippen LogP contribution in [0.3, 0.4) is 0 Å². The predicted octanol–water partition coefficient (Wildman–Crippen LogP) is 2.74. The molecule has 0 saturated heterocycles. The molecule has 0 bridgehead atoms. The van der Waals surface area contributed by atoms with Crippen molar-refractivity contribution in [3.05, 3.63) is 29.3 Å². The summed E-state index contributed by atoms with van der Waals surface area (Å²) in [6.07, 6.45) is 5.29. The van der Waals surface area contributed by atoms with E-state index >= 15 is 0 Å². The van der Waals surface area contributed by atoms with Crippen molar-refractivity contribution in [1.82, 2.24) is 19.6 Å². The van der Waals surface area contributed by atoms with Gasteiger partial charge in [-0.3, -0.25) is 9.36 Å². The Morgan fingerprint density at radius 2 is 1.79 bits per heavy atom. The van der Waals surface area contributed by atoms with E-state index < -0.39 is 0 Å². The number of hydrogen-bond donors (Lipinski definition) is 1. The fraction of sp³-hybridized carbons (Fsp3) is 0.571. The van der Waals surface area contributed by atoms with Gasteiger partial charge in [0.15, 0.2) is 0 Å². The largest absolute Gasteiger partial charge is 0.378 e. The van der Waals surface area contributed by atoms with E-state index in [-0.39, 0.29) is 0 Å². The lowest BCUT2D eigenvalue weighted by Crippen LogP contribution is -2.00. The molecule has 0 spiro atoms. The Labute approximate surface area is 114 Å². The molecule has 0 aromatic carbocycles. The van der Waals surface area contributed by atoms with Gasteiger partial charge in [-0.05, 0) is 27.2 Å². The fourth-order valence-electron chi connectivity index (χ4n) is 2.12. The van der Waals surface area contributed by atoms with Crippen LogP contribution in [-0.4, -0.2) is 19.6 Å². The molecule has 5 nitrogen and oxygen atoms in total. The van der Waals surface area contributed by atoms with E-state index in [2.05, 4.69) is 48.7 Å². The van der Waals surface area contributed by atoms with E-state index in [1.165, 1.54) is 5.56 Å². The normalized spacial score (nSPS) is 10.9. The summed E-state index contributed by atoms with van der Waals surface area (Å²) in [6.45, 7) is 11.0. The third-order valence-electron chi connectivity index (χ3n) is 3.24. The average Bonchev–Trinajstić information content (AvgIpc) is 2.91. The van der Waals surface area contributed by atoms with Gasteiger partial charge in [0, 0.05) is 37.6 Å². The Kier molecular flexibility index (Phi) is 4.24. The van der Waals surface area contributed by atoms with Crippen molar-refractivity contribution in [3.8, 4) is 0 Å². The van der Waals surface area contributed by atoms with Crippen LogP contribution >= 0.6 is 0 Å². The maximum atomic E-state index is 4.51. The Hall–Kier alpha value is -1.78. The Bertz CT molecular complexity index is 538. The average molecular weight is 261 g/mol. The molecule has 0 aliphatic heterocycles. The van der Waals surface area contributed by atoms with Gasteiger partial charge < -0.3 is 5.32 Å². The highest BCUT2D eigenvalue weighted by Crippen LogP contribution is 2.15. The van der Waals surface area contributed by atoms with Crippen LogP contribution < -0.4 is 5.32 Å². The van der Waals surface area contributed by atoms with E-state index in [0.29, 0.717) is 0 Å². The number of nitrogens with one attached hydrogen (secondary N) is 1. The first-order valence-electron chi connectivity index (χ1n) is 6.94. The molecule has 5 heteroatoms. The summed E-state index contributed by atoms with van der Waals surface area (Å²) < 4.78 is 3.97. The quantitative estimate of drug-likeness (QED) is 0.869. The Morgan fingerprint density at radius 1 is 1.05 bits per heavy atom. The molecule has 0 saturated carbocycles. The van der Waals surface area contributed by atoms with Crippen molar-refractivity contribution in [2.24, 2.45) is 0 Å². The van der Waals surface area contributed by atoms with Crippen LogP contribution in [0.5, 0.6) is 0 Å². The van der Waals surface area contributed by atoms with E-state index in [9.17, 15) is 0 Å². The number of aromatic nitrogens is 4. The number of nitrogens with zero attached hydrogens (tertiary/aromatic N) is 4. The van der Waals surface area contributed by atoms with Gasteiger partial charge in [0.05, 0.1) is 17.1 Å². The molecule has 0 aliphatic carbocycles. The number of hydrogen-bond acceptors (Lipinski definition) is 3. The second kappa shape index (κ2) is 5.91. The molecule has 2 rings (SSSR count). The summed E-state index contributed by atoms with van der Waals surface area (Å²) in [4.78, 5) is 0. The molecule has 2 heterocycles. The number of aryl methyl sites for hydroxylation is 4. The van der Waals surface area contributed by atoms with E-state index in [4.69, 9.17) is 0 Å². The highest BCUT2D eigenvalue weighted by molar-refractivity contribution is 5.46. The van der Waals surface area contributed by atoms with E-state index in [0.717, 1.165) is 43.1 Å². The van der Waals surface area contributed by atoms with Gasteiger partial charge in [-0.15, -0.1) is 0 Å². The zero-order chi connectivity index (χ0) is 13.8. The highest BCUT2D eigenvalue weighted by atomic mass is 15.3. The lowest BCUT2D eigenvalue weighted by atomic mass is 10.2. The Balaban J connectivity index is 2.03.